The Labute approximate surface area is 137 Å². The van der Waals surface area contributed by atoms with E-state index in [1.165, 1.54) is 0 Å². The number of hydrogen-bond acceptors (Lipinski definition) is 3. The third kappa shape index (κ3) is 4.57. The van der Waals surface area contributed by atoms with Gasteiger partial charge < -0.3 is 14.0 Å². The van der Waals surface area contributed by atoms with Gasteiger partial charge in [0.15, 0.2) is 6.23 Å². The number of ether oxygens (including phenoxy) is 2. The van der Waals surface area contributed by atoms with Crippen molar-refractivity contribution < 1.29 is 9.47 Å². The smallest absolute Gasteiger partial charge is 0.166 e. The first-order valence-electron chi connectivity index (χ1n) is 7.43. The highest BCUT2D eigenvalue weighted by atomic mass is 35.5. The summed E-state index contributed by atoms with van der Waals surface area (Å²) in [5.41, 5.74) is 0.714. The van der Waals surface area contributed by atoms with Crippen molar-refractivity contribution >= 4 is 11.6 Å². The summed E-state index contributed by atoms with van der Waals surface area (Å²) < 4.78 is 14.2. The maximum Gasteiger partial charge on any atom is 0.166 e. The first kappa shape index (κ1) is 17.0. The van der Waals surface area contributed by atoms with Gasteiger partial charge in [0.05, 0.1) is 11.9 Å². The maximum atomic E-state index is 6.25. The van der Waals surface area contributed by atoms with Crippen molar-refractivity contribution in [2.24, 2.45) is 0 Å². The van der Waals surface area contributed by atoms with Gasteiger partial charge in [-0.3, -0.25) is 0 Å². The number of aromatic nitrogens is 2. The summed E-state index contributed by atoms with van der Waals surface area (Å²) in [6, 6.07) is 7.67. The van der Waals surface area contributed by atoms with Crippen molar-refractivity contribution in [3.8, 4) is 0 Å². The highest BCUT2D eigenvalue weighted by Gasteiger charge is 2.30. The third-order valence-corrected chi connectivity index (χ3v) is 3.35. The molecule has 0 aliphatic carbocycles. The SMILES string of the molecule is CCOC(c1ccc(Cl)cc1)C(OC(C)(C)C)n1ccnc1. The largest absolute Gasteiger partial charge is 0.369 e. The van der Waals surface area contributed by atoms with Crippen molar-refractivity contribution in [3.05, 3.63) is 53.6 Å². The molecular formula is C17H23ClN2O2. The van der Waals surface area contributed by atoms with Gasteiger partial charge in [0.1, 0.15) is 6.10 Å². The zero-order valence-electron chi connectivity index (χ0n) is 13.5. The monoisotopic (exact) mass is 322 g/mol. The van der Waals surface area contributed by atoms with Crippen LogP contribution in [-0.2, 0) is 9.47 Å². The van der Waals surface area contributed by atoms with Crippen molar-refractivity contribution in [2.45, 2.75) is 45.6 Å². The molecule has 0 bridgehead atoms. The van der Waals surface area contributed by atoms with Crippen LogP contribution in [0.2, 0.25) is 5.02 Å². The molecule has 0 saturated carbocycles. The van der Waals surface area contributed by atoms with E-state index >= 15 is 0 Å². The summed E-state index contributed by atoms with van der Waals surface area (Å²) in [6.07, 6.45) is 4.83. The molecule has 120 valence electrons. The van der Waals surface area contributed by atoms with Gasteiger partial charge in [0, 0.05) is 24.0 Å². The second-order valence-corrected chi connectivity index (χ2v) is 6.49. The molecule has 0 fully saturated rings. The van der Waals surface area contributed by atoms with E-state index in [1.54, 1.807) is 12.5 Å². The summed E-state index contributed by atoms with van der Waals surface area (Å²) in [7, 11) is 0. The van der Waals surface area contributed by atoms with Crippen molar-refractivity contribution in [2.75, 3.05) is 6.61 Å². The molecule has 1 aromatic carbocycles. The quantitative estimate of drug-likeness (QED) is 0.778. The lowest BCUT2D eigenvalue weighted by Gasteiger charge is -2.34. The summed E-state index contributed by atoms with van der Waals surface area (Å²) >= 11 is 5.99. The van der Waals surface area contributed by atoms with Crippen molar-refractivity contribution in [3.63, 3.8) is 0 Å². The van der Waals surface area contributed by atoms with E-state index in [9.17, 15) is 0 Å². The number of halogens is 1. The molecule has 2 atom stereocenters. The average molecular weight is 323 g/mol. The lowest BCUT2D eigenvalue weighted by molar-refractivity contribution is -0.165. The molecule has 0 spiro atoms. The van der Waals surface area contributed by atoms with Crippen molar-refractivity contribution in [1.29, 1.82) is 0 Å². The molecule has 4 nitrogen and oxygen atoms in total. The molecule has 0 saturated heterocycles. The van der Waals surface area contributed by atoms with E-state index in [0.29, 0.717) is 11.6 Å². The Kier molecular flexibility index (Phi) is 5.62. The maximum absolute atomic E-state index is 6.25. The normalized spacial score (nSPS) is 14.8. The highest BCUT2D eigenvalue weighted by Crippen LogP contribution is 2.34. The molecular weight excluding hydrogens is 300 g/mol. The Bertz CT molecular complexity index is 561. The average Bonchev–Trinajstić information content (AvgIpc) is 2.97. The molecule has 0 radical (unpaired) electrons. The first-order chi connectivity index (χ1) is 10.4. The highest BCUT2D eigenvalue weighted by molar-refractivity contribution is 6.30. The predicted octanol–water partition coefficient (Wildman–Crippen LogP) is 4.63. The fourth-order valence-corrected chi connectivity index (χ4v) is 2.36. The fraction of sp³-hybridized carbons (Fsp3) is 0.471. The van der Waals surface area contributed by atoms with Crippen LogP contribution in [0, 0.1) is 0 Å². The Balaban J connectivity index is 2.37. The third-order valence-electron chi connectivity index (χ3n) is 3.10. The van der Waals surface area contributed by atoms with Crippen LogP contribution in [0.1, 0.15) is 45.6 Å². The molecule has 1 aromatic heterocycles. The van der Waals surface area contributed by atoms with Crippen LogP contribution in [0.3, 0.4) is 0 Å². The zero-order chi connectivity index (χ0) is 16.2. The van der Waals surface area contributed by atoms with Crippen LogP contribution in [0.5, 0.6) is 0 Å². The molecule has 0 N–H and O–H groups in total. The lowest BCUT2D eigenvalue weighted by Crippen LogP contribution is -2.30. The van der Waals surface area contributed by atoms with Crippen LogP contribution in [0.25, 0.3) is 0 Å². The van der Waals surface area contributed by atoms with Gasteiger partial charge in [-0.25, -0.2) is 4.98 Å². The molecule has 0 aliphatic heterocycles. The van der Waals surface area contributed by atoms with E-state index in [-0.39, 0.29) is 17.9 Å². The molecule has 2 rings (SSSR count). The lowest BCUT2D eigenvalue weighted by atomic mass is 10.1. The Morgan fingerprint density at radius 3 is 2.41 bits per heavy atom. The molecule has 22 heavy (non-hydrogen) atoms. The van der Waals surface area contributed by atoms with Gasteiger partial charge in [-0.15, -0.1) is 0 Å². The summed E-state index contributed by atoms with van der Waals surface area (Å²) in [6.45, 7) is 8.66. The zero-order valence-corrected chi connectivity index (χ0v) is 14.2. The van der Waals surface area contributed by atoms with Crippen LogP contribution in [0.15, 0.2) is 43.0 Å². The van der Waals surface area contributed by atoms with E-state index in [0.717, 1.165) is 5.56 Å². The summed E-state index contributed by atoms with van der Waals surface area (Å²) in [5, 5.41) is 0.704. The predicted molar refractivity (Wildman–Crippen MR) is 87.9 cm³/mol. The number of rotatable bonds is 6. The number of hydrogen-bond donors (Lipinski definition) is 0. The van der Waals surface area contributed by atoms with Gasteiger partial charge in [-0.1, -0.05) is 23.7 Å². The second kappa shape index (κ2) is 7.27. The van der Waals surface area contributed by atoms with Crippen molar-refractivity contribution in [1.82, 2.24) is 9.55 Å². The minimum Gasteiger partial charge on any atom is -0.369 e. The molecule has 1 heterocycles. The standard InChI is InChI=1S/C17H23ClN2O2/c1-5-21-15(13-6-8-14(18)9-7-13)16(22-17(2,3)4)20-11-10-19-12-20/h6-12,15-16H,5H2,1-4H3. The van der Waals surface area contributed by atoms with Crippen LogP contribution in [0.4, 0.5) is 0 Å². The van der Waals surface area contributed by atoms with E-state index in [4.69, 9.17) is 21.1 Å². The summed E-state index contributed by atoms with van der Waals surface area (Å²) in [5.74, 6) is 0. The van der Waals surface area contributed by atoms with Crippen LogP contribution < -0.4 is 0 Å². The minimum absolute atomic E-state index is 0.240. The van der Waals surface area contributed by atoms with Crippen LogP contribution >= 0.6 is 11.6 Å². The number of nitrogens with zero attached hydrogens (tertiary/aromatic N) is 2. The first-order valence-corrected chi connectivity index (χ1v) is 7.81. The Morgan fingerprint density at radius 1 is 1.23 bits per heavy atom. The second-order valence-electron chi connectivity index (χ2n) is 6.06. The molecule has 2 aromatic rings. The molecule has 0 aliphatic rings. The van der Waals surface area contributed by atoms with Gasteiger partial charge in [0.25, 0.3) is 0 Å². The number of benzene rings is 1. The van der Waals surface area contributed by atoms with Gasteiger partial charge in [0.2, 0.25) is 0 Å². The fourth-order valence-electron chi connectivity index (χ4n) is 2.24. The Morgan fingerprint density at radius 2 is 1.91 bits per heavy atom. The van der Waals surface area contributed by atoms with Gasteiger partial charge >= 0.3 is 0 Å². The molecule has 0 amide bonds. The van der Waals surface area contributed by atoms with Crippen LogP contribution in [-0.4, -0.2) is 21.8 Å². The van der Waals surface area contributed by atoms with E-state index in [1.807, 2.05) is 62.7 Å². The molecule has 5 heteroatoms. The Hall–Kier alpha value is -1.36. The molecule has 2 unspecified atom stereocenters. The summed E-state index contributed by atoms with van der Waals surface area (Å²) in [4.78, 5) is 4.13. The van der Waals surface area contributed by atoms with Gasteiger partial charge in [-0.2, -0.15) is 0 Å². The topological polar surface area (TPSA) is 36.3 Å². The number of imidazole rings is 1. The van der Waals surface area contributed by atoms with Gasteiger partial charge in [-0.05, 0) is 45.4 Å². The minimum atomic E-state index is -0.309. The van der Waals surface area contributed by atoms with E-state index < -0.39 is 0 Å². The van der Waals surface area contributed by atoms with E-state index in [2.05, 4.69) is 4.98 Å².